The first-order valence-electron chi connectivity index (χ1n) is 6.93. The van der Waals surface area contributed by atoms with Crippen molar-refractivity contribution >= 4 is 5.97 Å². The maximum Gasteiger partial charge on any atom is 0.311 e. The minimum absolute atomic E-state index is 0.121. The summed E-state index contributed by atoms with van der Waals surface area (Å²) in [6.07, 6.45) is 0.692. The molecule has 1 atom stereocenters. The van der Waals surface area contributed by atoms with Crippen LogP contribution in [-0.4, -0.2) is 29.1 Å². The van der Waals surface area contributed by atoms with Crippen LogP contribution in [0.1, 0.15) is 31.4 Å². The highest BCUT2D eigenvalue weighted by molar-refractivity contribution is 5.75. The van der Waals surface area contributed by atoms with E-state index >= 15 is 0 Å². The summed E-state index contributed by atoms with van der Waals surface area (Å²) in [5, 5.41) is 18.4. The van der Waals surface area contributed by atoms with Gasteiger partial charge in [-0.05, 0) is 36.6 Å². The second-order valence-corrected chi connectivity index (χ2v) is 5.89. The number of carboxylic acids is 1. The number of hydrogen-bond donors (Lipinski definition) is 1. The molecule has 1 N–H and O–H groups in total. The lowest BCUT2D eigenvalue weighted by Gasteiger charge is -2.28. The first kappa shape index (κ1) is 14.5. The topological polar surface area (TPSA) is 64.3 Å². The van der Waals surface area contributed by atoms with Gasteiger partial charge in [0.1, 0.15) is 0 Å². The standard InChI is InChI=1S/C16H20N2O2/c1-12(2)16(15(19)20)6-7-18(11-16)10-14-5-3-4-13(8-14)9-17/h3-5,8,12H,6-7,10-11H2,1-2H3,(H,19,20). The summed E-state index contributed by atoms with van der Waals surface area (Å²) in [7, 11) is 0. The Labute approximate surface area is 119 Å². The molecule has 2 rings (SSSR count). The molecule has 1 unspecified atom stereocenters. The number of nitriles is 1. The number of aliphatic carboxylic acids is 1. The summed E-state index contributed by atoms with van der Waals surface area (Å²) in [6, 6.07) is 9.64. The molecule has 0 saturated carbocycles. The van der Waals surface area contributed by atoms with E-state index in [-0.39, 0.29) is 5.92 Å². The van der Waals surface area contributed by atoms with Gasteiger partial charge in [0.15, 0.2) is 0 Å². The van der Waals surface area contributed by atoms with Gasteiger partial charge < -0.3 is 5.11 Å². The molecule has 0 aromatic heterocycles. The Kier molecular flexibility index (Phi) is 4.10. The van der Waals surface area contributed by atoms with Gasteiger partial charge in [0.2, 0.25) is 0 Å². The number of hydrogen-bond acceptors (Lipinski definition) is 3. The van der Waals surface area contributed by atoms with Gasteiger partial charge in [-0.3, -0.25) is 9.69 Å². The van der Waals surface area contributed by atoms with Gasteiger partial charge in [0.05, 0.1) is 17.0 Å². The molecule has 1 fully saturated rings. The average Bonchev–Trinajstić information content (AvgIpc) is 2.84. The Bertz CT molecular complexity index is 548. The first-order valence-corrected chi connectivity index (χ1v) is 6.93. The minimum Gasteiger partial charge on any atom is -0.481 e. The van der Waals surface area contributed by atoms with Crippen molar-refractivity contribution < 1.29 is 9.90 Å². The fraction of sp³-hybridized carbons (Fsp3) is 0.500. The minimum atomic E-state index is -0.694. The van der Waals surface area contributed by atoms with Gasteiger partial charge in [-0.1, -0.05) is 26.0 Å². The molecule has 4 nitrogen and oxygen atoms in total. The molecule has 0 spiro atoms. The van der Waals surface area contributed by atoms with Gasteiger partial charge in [-0.15, -0.1) is 0 Å². The van der Waals surface area contributed by atoms with E-state index in [2.05, 4.69) is 11.0 Å². The van der Waals surface area contributed by atoms with Crippen LogP contribution >= 0.6 is 0 Å². The molecule has 4 heteroatoms. The molecule has 0 radical (unpaired) electrons. The fourth-order valence-corrected chi connectivity index (χ4v) is 2.94. The third kappa shape index (κ3) is 2.68. The summed E-state index contributed by atoms with van der Waals surface area (Å²) in [6.45, 7) is 6.04. The van der Waals surface area contributed by atoms with Crippen LogP contribution in [0.4, 0.5) is 0 Å². The molecule has 1 heterocycles. The van der Waals surface area contributed by atoms with E-state index in [9.17, 15) is 9.90 Å². The van der Waals surface area contributed by atoms with Crippen LogP contribution in [0.3, 0.4) is 0 Å². The van der Waals surface area contributed by atoms with Gasteiger partial charge >= 0.3 is 5.97 Å². The largest absolute Gasteiger partial charge is 0.481 e. The Hall–Kier alpha value is -1.86. The summed E-state index contributed by atoms with van der Waals surface area (Å²) >= 11 is 0. The van der Waals surface area contributed by atoms with Crippen LogP contribution in [-0.2, 0) is 11.3 Å². The molecule has 1 aliphatic heterocycles. The highest BCUT2D eigenvalue weighted by Gasteiger charge is 2.46. The number of likely N-dealkylation sites (tertiary alicyclic amines) is 1. The van der Waals surface area contributed by atoms with E-state index in [1.165, 1.54) is 0 Å². The van der Waals surface area contributed by atoms with Crippen molar-refractivity contribution in [2.45, 2.75) is 26.8 Å². The second-order valence-electron chi connectivity index (χ2n) is 5.89. The quantitative estimate of drug-likeness (QED) is 0.914. The van der Waals surface area contributed by atoms with Gasteiger partial charge in [-0.2, -0.15) is 5.26 Å². The van der Waals surface area contributed by atoms with Gasteiger partial charge in [-0.25, -0.2) is 0 Å². The first-order chi connectivity index (χ1) is 9.48. The fourth-order valence-electron chi connectivity index (χ4n) is 2.94. The van der Waals surface area contributed by atoms with E-state index < -0.39 is 11.4 Å². The second kappa shape index (κ2) is 5.64. The van der Waals surface area contributed by atoms with Crippen LogP contribution < -0.4 is 0 Å². The summed E-state index contributed by atoms with van der Waals surface area (Å²) in [5.41, 5.74) is 1.08. The van der Waals surface area contributed by atoms with Crippen molar-refractivity contribution in [1.29, 1.82) is 5.26 Å². The zero-order valence-corrected chi connectivity index (χ0v) is 12.0. The van der Waals surface area contributed by atoms with E-state index in [1.54, 1.807) is 6.07 Å². The number of benzene rings is 1. The number of carbonyl (C=O) groups is 1. The number of nitrogens with zero attached hydrogens (tertiary/aromatic N) is 2. The summed E-state index contributed by atoms with van der Waals surface area (Å²) in [4.78, 5) is 13.8. The third-order valence-electron chi connectivity index (χ3n) is 4.37. The molecule has 0 aliphatic carbocycles. The summed E-state index contributed by atoms with van der Waals surface area (Å²) in [5.74, 6) is -0.573. The highest BCUT2D eigenvalue weighted by Crippen LogP contribution is 2.38. The van der Waals surface area contributed by atoms with Crippen LogP contribution in [0, 0.1) is 22.7 Å². The normalized spacial score (nSPS) is 22.9. The van der Waals surface area contributed by atoms with Crippen LogP contribution in [0.2, 0.25) is 0 Å². The van der Waals surface area contributed by atoms with E-state index in [1.807, 2.05) is 32.0 Å². The Morgan fingerprint density at radius 2 is 2.30 bits per heavy atom. The lowest BCUT2D eigenvalue weighted by Crippen LogP contribution is -2.39. The zero-order valence-electron chi connectivity index (χ0n) is 12.0. The van der Waals surface area contributed by atoms with Crippen LogP contribution in [0.5, 0.6) is 0 Å². The predicted octanol–water partition coefficient (Wildman–Crippen LogP) is 2.49. The third-order valence-corrected chi connectivity index (χ3v) is 4.37. The molecule has 20 heavy (non-hydrogen) atoms. The molecule has 1 saturated heterocycles. The maximum absolute atomic E-state index is 11.6. The van der Waals surface area contributed by atoms with Gasteiger partial charge in [0.25, 0.3) is 0 Å². The van der Waals surface area contributed by atoms with E-state index in [4.69, 9.17) is 5.26 Å². The zero-order chi connectivity index (χ0) is 14.8. The lowest BCUT2D eigenvalue weighted by atomic mass is 9.76. The SMILES string of the molecule is CC(C)C1(C(=O)O)CCN(Cc2cccc(C#N)c2)C1. The van der Waals surface area contributed by atoms with Gasteiger partial charge in [0, 0.05) is 13.1 Å². The average molecular weight is 272 g/mol. The predicted molar refractivity (Wildman–Crippen MR) is 76.0 cm³/mol. The Balaban J connectivity index is 2.10. The Morgan fingerprint density at radius 1 is 1.55 bits per heavy atom. The van der Waals surface area contributed by atoms with E-state index in [0.29, 0.717) is 25.1 Å². The number of rotatable bonds is 4. The van der Waals surface area contributed by atoms with E-state index in [0.717, 1.165) is 12.1 Å². The van der Waals surface area contributed by atoms with Crippen molar-refractivity contribution in [2.75, 3.05) is 13.1 Å². The summed E-state index contributed by atoms with van der Waals surface area (Å²) < 4.78 is 0. The molecule has 0 amide bonds. The van der Waals surface area contributed by atoms with Crippen molar-refractivity contribution in [3.8, 4) is 6.07 Å². The molecule has 1 aliphatic rings. The molecule has 0 bridgehead atoms. The molecule has 1 aromatic rings. The van der Waals surface area contributed by atoms with Crippen LogP contribution in [0.25, 0.3) is 0 Å². The molecular weight excluding hydrogens is 252 g/mol. The molecule has 1 aromatic carbocycles. The molecular formula is C16H20N2O2. The lowest BCUT2D eigenvalue weighted by molar-refractivity contribution is -0.151. The van der Waals surface area contributed by atoms with Crippen molar-refractivity contribution in [3.05, 3.63) is 35.4 Å². The smallest absolute Gasteiger partial charge is 0.311 e. The number of carboxylic acid groups (broad SMARTS) is 1. The van der Waals surface area contributed by atoms with Crippen LogP contribution in [0.15, 0.2) is 24.3 Å². The maximum atomic E-state index is 11.6. The van der Waals surface area contributed by atoms with Crippen molar-refractivity contribution in [1.82, 2.24) is 4.90 Å². The van der Waals surface area contributed by atoms with Crippen molar-refractivity contribution in [2.24, 2.45) is 11.3 Å². The Morgan fingerprint density at radius 3 is 2.85 bits per heavy atom. The highest BCUT2D eigenvalue weighted by atomic mass is 16.4. The van der Waals surface area contributed by atoms with Crippen molar-refractivity contribution in [3.63, 3.8) is 0 Å². The monoisotopic (exact) mass is 272 g/mol. The molecule has 106 valence electrons.